The molecule has 25 heavy (non-hydrogen) atoms. The van der Waals surface area contributed by atoms with Crippen molar-refractivity contribution in [2.75, 3.05) is 6.61 Å². The maximum atomic E-state index is 12.0. The normalized spacial score (nSPS) is 10.6. The Labute approximate surface area is 153 Å². The first-order valence-electron chi connectivity index (χ1n) is 7.48. The van der Waals surface area contributed by atoms with E-state index >= 15 is 0 Å². The van der Waals surface area contributed by atoms with Crippen LogP contribution >= 0.6 is 23.2 Å². The summed E-state index contributed by atoms with van der Waals surface area (Å²) >= 11 is 11.8. The third kappa shape index (κ3) is 4.32. The zero-order valence-corrected chi connectivity index (χ0v) is 14.5. The first-order valence-corrected chi connectivity index (χ1v) is 8.24. The molecule has 2 N–H and O–H groups in total. The molecule has 3 rings (SSSR count). The van der Waals surface area contributed by atoms with Crippen LogP contribution in [0.25, 0.3) is 10.9 Å². The molecule has 0 saturated carbocycles. The Kier molecular flexibility index (Phi) is 5.26. The van der Waals surface area contributed by atoms with E-state index in [2.05, 4.69) is 10.3 Å². The van der Waals surface area contributed by atoms with E-state index in [-0.39, 0.29) is 24.6 Å². The van der Waals surface area contributed by atoms with Crippen molar-refractivity contribution in [1.82, 2.24) is 10.3 Å². The van der Waals surface area contributed by atoms with Crippen molar-refractivity contribution in [3.63, 3.8) is 0 Å². The Morgan fingerprint density at radius 2 is 1.92 bits per heavy atom. The number of H-pyrrole nitrogens is 1. The maximum absolute atomic E-state index is 12.0. The van der Waals surface area contributed by atoms with Gasteiger partial charge in [-0.15, -0.1) is 0 Å². The molecular weight excluding hydrogens is 363 g/mol. The van der Waals surface area contributed by atoms with Crippen LogP contribution in [0.15, 0.2) is 53.3 Å². The lowest BCUT2D eigenvalue weighted by atomic mass is 10.1. The second kappa shape index (κ2) is 7.59. The van der Waals surface area contributed by atoms with Gasteiger partial charge in [0.05, 0.1) is 5.02 Å². The quantitative estimate of drug-likeness (QED) is 0.715. The molecule has 0 spiro atoms. The van der Waals surface area contributed by atoms with E-state index in [1.54, 1.807) is 18.2 Å². The molecule has 0 aliphatic rings. The number of carbonyl (C=O) groups is 1. The fourth-order valence-electron chi connectivity index (χ4n) is 2.30. The van der Waals surface area contributed by atoms with Gasteiger partial charge in [-0.1, -0.05) is 41.4 Å². The summed E-state index contributed by atoms with van der Waals surface area (Å²) in [6.07, 6.45) is 0. The third-order valence-electron chi connectivity index (χ3n) is 3.56. The Bertz CT molecular complexity index is 985. The van der Waals surface area contributed by atoms with Crippen LogP contribution in [0.1, 0.15) is 5.56 Å². The summed E-state index contributed by atoms with van der Waals surface area (Å²) < 4.78 is 5.35. The number of pyridine rings is 1. The molecule has 0 fully saturated rings. The summed E-state index contributed by atoms with van der Waals surface area (Å²) in [5.41, 5.74) is 0.979. The van der Waals surface area contributed by atoms with Crippen LogP contribution in [0.3, 0.4) is 0 Å². The standard InChI is InChI=1S/C18H14Cl2N2O3/c19-13-5-6-14(20)16(8-13)25-10-17(23)21-9-12-7-11-3-1-2-4-15(11)22-18(12)24/h1-8H,9-10H2,(H,21,23)(H,22,24). The van der Waals surface area contributed by atoms with Gasteiger partial charge >= 0.3 is 0 Å². The van der Waals surface area contributed by atoms with E-state index in [4.69, 9.17) is 27.9 Å². The Morgan fingerprint density at radius 3 is 2.76 bits per heavy atom. The van der Waals surface area contributed by atoms with Crippen LogP contribution in [0.5, 0.6) is 5.75 Å². The SMILES string of the molecule is O=C(COc1cc(Cl)ccc1Cl)NCc1cc2ccccc2[nH]c1=O. The highest BCUT2D eigenvalue weighted by atomic mass is 35.5. The van der Waals surface area contributed by atoms with Crippen molar-refractivity contribution >= 4 is 40.0 Å². The van der Waals surface area contributed by atoms with Crippen molar-refractivity contribution in [2.45, 2.75) is 6.54 Å². The maximum Gasteiger partial charge on any atom is 0.258 e. The number of rotatable bonds is 5. The lowest BCUT2D eigenvalue weighted by Gasteiger charge is -2.09. The predicted octanol–water partition coefficient (Wildman–Crippen LogP) is 3.53. The number of benzene rings is 2. The highest BCUT2D eigenvalue weighted by molar-refractivity contribution is 6.34. The van der Waals surface area contributed by atoms with Crippen molar-refractivity contribution in [3.8, 4) is 5.75 Å². The molecule has 128 valence electrons. The van der Waals surface area contributed by atoms with Crippen LogP contribution in [-0.4, -0.2) is 17.5 Å². The Balaban J connectivity index is 1.61. The minimum absolute atomic E-state index is 0.103. The first kappa shape index (κ1) is 17.3. The summed E-state index contributed by atoms with van der Waals surface area (Å²) in [6, 6.07) is 13.9. The number of hydrogen-bond acceptors (Lipinski definition) is 3. The van der Waals surface area contributed by atoms with Crippen LogP contribution < -0.4 is 15.6 Å². The van der Waals surface area contributed by atoms with Gasteiger partial charge in [0.15, 0.2) is 6.61 Å². The van der Waals surface area contributed by atoms with Gasteiger partial charge in [0, 0.05) is 28.7 Å². The van der Waals surface area contributed by atoms with E-state index < -0.39 is 0 Å². The minimum atomic E-state index is -0.372. The zero-order chi connectivity index (χ0) is 17.8. The molecule has 2 aromatic carbocycles. The van der Waals surface area contributed by atoms with Crippen molar-refractivity contribution in [1.29, 1.82) is 0 Å². The number of hydrogen-bond donors (Lipinski definition) is 2. The number of carbonyl (C=O) groups excluding carboxylic acids is 1. The lowest BCUT2D eigenvalue weighted by Crippen LogP contribution is -2.30. The molecule has 0 radical (unpaired) electrons. The summed E-state index contributed by atoms with van der Waals surface area (Å²) in [6.45, 7) is -0.128. The summed E-state index contributed by atoms with van der Waals surface area (Å²) in [5, 5.41) is 4.37. The number of aromatic amines is 1. The van der Waals surface area contributed by atoms with Crippen LogP contribution in [-0.2, 0) is 11.3 Å². The molecule has 0 aliphatic heterocycles. The van der Waals surface area contributed by atoms with Crippen molar-refractivity contribution in [2.24, 2.45) is 0 Å². The van der Waals surface area contributed by atoms with Gasteiger partial charge in [-0.05, 0) is 29.7 Å². The molecule has 5 nitrogen and oxygen atoms in total. The van der Waals surface area contributed by atoms with E-state index in [0.29, 0.717) is 21.4 Å². The van der Waals surface area contributed by atoms with E-state index in [1.807, 2.05) is 24.3 Å². The molecule has 1 aromatic heterocycles. The smallest absolute Gasteiger partial charge is 0.258 e. The molecule has 1 heterocycles. The zero-order valence-electron chi connectivity index (χ0n) is 13.0. The second-order valence-corrected chi connectivity index (χ2v) is 6.19. The molecule has 0 saturated heterocycles. The number of halogens is 2. The Morgan fingerprint density at radius 1 is 1.12 bits per heavy atom. The average molecular weight is 377 g/mol. The van der Waals surface area contributed by atoms with Crippen LogP contribution in [0.2, 0.25) is 10.0 Å². The van der Waals surface area contributed by atoms with Gasteiger partial charge < -0.3 is 15.0 Å². The summed E-state index contributed by atoms with van der Waals surface area (Å²) in [4.78, 5) is 26.8. The lowest BCUT2D eigenvalue weighted by molar-refractivity contribution is -0.123. The van der Waals surface area contributed by atoms with Gasteiger partial charge in [-0.2, -0.15) is 0 Å². The molecule has 0 aliphatic carbocycles. The molecule has 1 amide bonds. The number of fused-ring (bicyclic) bond motifs is 1. The van der Waals surface area contributed by atoms with E-state index in [0.717, 1.165) is 10.9 Å². The van der Waals surface area contributed by atoms with Crippen LogP contribution in [0.4, 0.5) is 0 Å². The topological polar surface area (TPSA) is 71.2 Å². The minimum Gasteiger partial charge on any atom is -0.482 e. The van der Waals surface area contributed by atoms with Crippen LogP contribution in [0, 0.1) is 0 Å². The summed E-state index contributed by atoms with van der Waals surface area (Å²) in [7, 11) is 0. The largest absolute Gasteiger partial charge is 0.482 e. The van der Waals surface area contributed by atoms with Crippen molar-refractivity contribution in [3.05, 3.63) is 74.5 Å². The van der Waals surface area contributed by atoms with Gasteiger partial charge in [-0.3, -0.25) is 9.59 Å². The van der Waals surface area contributed by atoms with Gasteiger partial charge in [0.1, 0.15) is 5.75 Å². The summed E-state index contributed by atoms with van der Waals surface area (Å²) in [5.74, 6) is -0.0449. The molecule has 7 heteroatoms. The number of para-hydroxylation sites is 1. The monoisotopic (exact) mass is 376 g/mol. The van der Waals surface area contributed by atoms with E-state index in [1.165, 1.54) is 6.07 Å². The number of amides is 1. The van der Waals surface area contributed by atoms with Gasteiger partial charge in [0.25, 0.3) is 11.5 Å². The number of aromatic nitrogens is 1. The third-order valence-corrected chi connectivity index (χ3v) is 4.11. The number of nitrogens with one attached hydrogen (secondary N) is 2. The first-order chi connectivity index (χ1) is 12.0. The average Bonchev–Trinajstić information content (AvgIpc) is 2.60. The van der Waals surface area contributed by atoms with Gasteiger partial charge in [-0.25, -0.2) is 0 Å². The highest BCUT2D eigenvalue weighted by Gasteiger charge is 2.08. The fraction of sp³-hybridized carbons (Fsp3) is 0.111. The molecule has 3 aromatic rings. The molecule has 0 bridgehead atoms. The molecular formula is C18H14Cl2N2O3. The molecule has 0 unspecified atom stereocenters. The van der Waals surface area contributed by atoms with Crippen molar-refractivity contribution < 1.29 is 9.53 Å². The number of ether oxygens (including phenoxy) is 1. The highest BCUT2D eigenvalue weighted by Crippen LogP contribution is 2.27. The Hall–Kier alpha value is -2.50. The molecule has 0 atom stereocenters. The van der Waals surface area contributed by atoms with E-state index in [9.17, 15) is 9.59 Å². The van der Waals surface area contributed by atoms with Gasteiger partial charge in [0.2, 0.25) is 0 Å². The fourth-order valence-corrected chi connectivity index (χ4v) is 2.63. The predicted molar refractivity (Wildman–Crippen MR) is 98.4 cm³/mol. The second-order valence-electron chi connectivity index (χ2n) is 5.35.